The van der Waals surface area contributed by atoms with E-state index in [1.54, 1.807) is 6.92 Å². The zero-order valence-corrected chi connectivity index (χ0v) is 7.07. The van der Waals surface area contributed by atoms with Gasteiger partial charge in [-0.15, -0.1) is 5.10 Å². The Hall–Kier alpha value is -1.63. The average molecular weight is 186 g/mol. The van der Waals surface area contributed by atoms with Gasteiger partial charge in [0, 0.05) is 0 Å². The maximum atomic E-state index is 10.8. The van der Waals surface area contributed by atoms with E-state index in [-0.39, 0.29) is 19.2 Å². The number of ether oxygens (including phenoxy) is 1. The molecule has 0 saturated heterocycles. The third-order valence-electron chi connectivity index (χ3n) is 1.14. The van der Waals surface area contributed by atoms with Gasteiger partial charge in [-0.05, 0) is 6.92 Å². The van der Waals surface area contributed by atoms with Crippen molar-refractivity contribution in [2.24, 2.45) is 0 Å². The fraction of sp³-hybridized carbons (Fsp3) is 0.500. The Kier molecular flexibility index (Phi) is 3.21. The molecule has 1 amide bonds. The number of aromatic amines is 1. The van der Waals surface area contributed by atoms with Crippen LogP contribution in [0.2, 0.25) is 0 Å². The molecule has 0 bridgehead atoms. The second kappa shape index (κ2) is 4.41. The molecule has 0 aliphatic carbocycles. The molecule has 0 aromatic carbocycles. The number of aliphatic hydroxyl groups excluding tert-OH is 1. The van der Waals surface area contributed by atoms with E-state index in [4.69, 9.17) is 5.11 Å². The molecule has 7 heteroatoms. The smallest absolute Gasteiger partial charge is 0.414 e. The first-order valence-corrected chi connectivity index (χ1v) is 3.66. The van der Waals surface area contributed by atoms with Crippen molar-refractivity contribution in [3.63, 3.8) is 0 Å². The number of carbonyl (C=O) groups excluding carboxylic acids is 1. The number of aryl methyl sites for hydroxylation is 1. The summed E-state index contributed by atoms with van der Waals surface area (Å²) in [5.41, 5.74) is 0. The molecule has 1 rings (SSSR count). The summed E-state index contributed by atoms with van der Waals surface area (Å²) in [6, 6.07) is 0. The first kappa shape index (κ1) is 9.46. The molecule has 0 unspecified atom stereocenters. The van der Waals surface area contributed by atoms with Gasteiger partial charge in [0.15, 0.2) is 0 Å². The molecule has 13 heavy (non-hydrogen) atoms. The van der Waals surface area contributed by atoms with Gasteiger partial charge in [0.1, 0.15) is 12.4 Å². The van der Waals surface area contributed by atoms with E-state index in [0.29, 0.717) is 5.82 Å². The van der Waals surface area contributed by atoms with E-state index in [0.717, 1.165) is 0 Å². The largest absolute Gasteiger partial charge is 0.447 e. The van der Waals surface area contributed by atoms with Gasteiger partial charge < -0.3 is 9.84 Å². The molecule has 3 N–H and O–H groups in total. The van der Waals surface area contributed by atoms with Crippen LogP contribution in [0, 0.1) is 6.92 Å². The number of nitrogens with one attached hydrogen (secondary N) is 2. The van der Waals surface area contributed by atoms with E-state index in [1.165, 1.54) is 0 Å². The van der Waals surface area contributed by atoms with E-state index in [1.807, 2.05) is 0 Å². The molecule has 72 valence electrons. The lowest BCUT2D eigenvalue weighted by molar-refractivity contribution is 0.131. The SMILES string of the molecule is Cc1nc(NC(=O)OCCO)n[nH]1. The van der Waals surface area contributed by atoms with Crippen molar-refractivity contribution in [2.75, 3.05) is 18.5 Å². The van der Waals surface area contributed by atoms with Crippen molar-refractivity contribution in [3.8, 4) is 0 Å². The van der Waals surface area contributed by atoms with Gasteiger partial charge in [-0.3, -0.25) is 10.4 Å². The van der Waals surface area contributed by atoms with Gasteiger partial charge in [0.25, 0.3) is 5.95 Å². The number of H-pyrrole nitrogens is 1. The summed E-state index contributed by atoms with van der Waals surface area (Å²) in [5, 5.41) is 16.8. The number of aliphatic hydroxyl groups is 1. The molecule has 0 fully saturated rings. The van der Waals surface area contributed by atoms with Crippen molar-refractivity contribution >= 4 is 12.0 Å². The minimum Gasteiger partial charge on any atom is -0.447 e. The molecule has 0 spiro atoms. The van der Waals surface area contributed by atoms with E-state index in [2.05, 4.69) is 25.2 Å². The van der Waals surface area contributed by atoms with Crippen LogP contribution in [-0.4, -0.2) is 39.6 Å². The zero-order chi connectivity index (χ0) is 9.68. The first-order chi connectivity index (χ1) is 6.22. The minimum absolute atomic E-state index is 0.0464. The molecule has 0 saturated carbocycles. The summed E-state index contributed by atoms with van der Waals surface area (Å²) >= 11 is 0. The molecule has 7 nitrogen and oxygen atoms in total. The number of anilines is 1. The third-order valence-corrected chi connectivity index (χ3v) is 1.14. The summed E-state index contributed by atoms with van der Waals surface area (Å²) < 4.78 is 4.51. The number of nitrogens with zero attached hydrogens (tertiary/aromatic N) is 2. The van der Waals surface area contributed by atoms with Gasteiger partial charge >= 0.3 is 6.09 Å². The summed E-state index contributed by atoms with van der Waals surface area (Å²) in [6.45, 7) is 1.45. The number of amides is 1. The van der Waals surface area contributed by atoms with Crippen LogP contribution in [-0.2, 0) is 4.74 Å². The van der Waals surface area contributed by atoms with E-state index < -0.39 is 6.09 Å². The second-order valence-electron chi connectivity index (χ2n) is 2.23. The maximum Gasteiger partial charge on any atom is 0.414 e. The standard InChI is InChI=1S/C6H10N4O3/c1-4-7-5(10-9-4)8-6(12)13-3-2-11/h11H,2-3H2,1H3,(H2,7,8,9,10,12). The van der Waals surface area contributed by atoms with Crippen molar-refractivity contribution in [1.82, 2.24) is 15.2 Å². The summed E-state index contributed by atoms with van der Waals surface area (Å²) in [4.78, 5) is 14.7. The lowest BCUT2D eigenvalue weighted by Crippen LogP contribution is -2.16. The number of rotatable bonds is 3. The Balaban J connectivity index is 2.36. The Morgan fingerprint density at radius 2 is 2.54 bits per heavy atom. The van der Waals surface area contributed by atoms with E-state index >= 15 is 0 Å². The molecule has 1 aromatic rings. The number of carbonyl (C=O) groups is 1. The topological polar surface area (TPSA) is 100 Å². The van der Waals surface area contributed by atoms with Crippen molar-refractivity contribution < 1.29 is 14.6 Å². The summed E-state index contributed by atoms with van der Waals surface area (Å²) in [7, 11) is 0. The lowest BCUT2D eigenvalue weighted by atomic mass is 10.7. The van der Waals surface area contributed by atoms with Crippen LogP contribution in [0.25, 0.3) is 0 Å². The molecule has 1 aromatic heterocycles. The molecular formula is C6H10N4O3. The summed E-state index contributed by atoms with van der Waals surface area (Å²) in [5.74, 6) is 0.748. The molecule has 0 radical (unpaired) electrons. The van der Waals surface area contributed by atoms with Crippen molar-refractivity contribution in [1.29, 1.82) is 0 Å². The highest BCUT2D eigenvalue weighted by atomic mass is 16.6. The molecule has 0 atom stereocenters. The average Bonchev–Trinajstić information content (AvgIpc) is 2.48. The quantitative estimate of drug-likeness (QED) is 0.599. The predicted octanol–water partition coefficient (Wildman–Crippen LogP) is -0.346. The second-order valence-corrected chi connectivity index (χ2v) is 2.23. The van der Waals surface area contributed by atoms with Crippen LogP contribution in [0.5, 0.6) is 0 Å². The summed E-state index contributed by atoms with van der Waals surface area (Å²) in [6.07, 6.45) is -0.687. The normalized spacial score (nSPS) is 9.69. The first-order valence-electron chi connectivity index (χ1n) is 3.66. The lowest BCUT2D eigenvalue weighted by Gasteiger charge is -2.00. The van der Waals surface area contributed by atoms with E-state index in [9.17, 15) is 4.79 Å². The maximum absolute atomic E-state index is 10.8. The van der Waals surface area contributed by atoms with Crippen LogP contribution < -0.4 is 5.32 Å². The highest BCUT2D eigenvalue weighted by Gasteiger charge is 2.05. The van der Waals surface area contributed by atoms with Gasteiger partial charge in [-0.2, -0.15) is 4.98 Å². The highest BCUT2D eigenvalue weighted by molar-refractivity contribution is 5.82. The number of hydrogen-bond donors (Lipinski definition) is 3. The molecule has 0 aliphatic rings. The number of aromatic nitrogens is 3. The minimum atomic E-state index is -0.687. The van der Waals surface area contributed by atoms with Gasteiger partial charge in [-0.25, -0.2) is 4.79 Å². The Labute approximate surface area is 74.1 Å². The van der Waals surface area contributed by atoms with Crippen LogP contribution >= 0.6 is 0 Å². The van der Waals surface area contributed by atoms with Crippen molar-refractivity contribution in [3.05, 3.63) is 5.82 Å². The molecular weight excluding hydrogens is 176 g/mol. The highest BCUT2D eigenvalue weighted by Crippen LogP contribution is 1.97. The van der Waals surface area contributed by atoms with Crippen LogP contribution in [0.15, 0.2) is 0 Å². The number of hydrogen-bond acceptors (Lipinski definition) is 5. The fourth-order valence-electron chi connectivity index (χ4n) is 0.664. The molecule has 1 heterocycles. The third kappa shape index (κ3) is 3.08. The Morgan fingerprint density at radius 3 is 3.08 bits per heavy atom. The van der Waals surface area contributed by atoms with Gasteiger partial charge in [-0.1, -0.05) is 0 Å². The monoisotopic (exact) mass is 186 g/mol. The van der Waals surface area contributed by atoms with Crippen molar-refractivity contribution in [2.45, 2.75) is 6.92 Å². The zero-order valence-electron chi connectivity index (χ0n) is 7.07. The van der Waals surface area contributed by atoms with Crippen LogP contribution in [0.3, 0.4) is 0 Å². The fourth-order valence-corrected chi connectivity index (χ4v) is 0.664. The Bertz CT molecular complexity index is 285. The Morgan fingerprint density at radius 1 is 1.77 bits per heavy atom. The van der Waals surface area contributed by atoms with Gasteiger partial charge in [0.2, 0.25) is 0 Å². The van der Waals surface area contributed by atoms with Gasteiger partial charge in [0.05, 0.1) is 6.61 Å². The predicted molar refractivity (Wildman–Crippen MR) is 43.2 cm³/mol. The molecule has 0 aliphatic heterocycles. The van der Waals surface area contributed by atoms with Crippen LogP contribution in [0.4, 0.5) is 10.7 Å². The van der Waals surface area contributed by atoms with Crippen LogP contribution in [0.1, 0.15) is 5.82 Å².